The molecule has 0 spiro atoms. The van der Waals surface area contributed by atoms with Crippen LogP contribution in [-0.2, 0) is 21.4 Å². The molecule has 0 aliphatic rings. The highest BCUT2D eigenvalue weighted by Gasteiger charge is 2.14. The summed E-state index contributed by atoms with van der Waals surface area (Å²) in [5.41, 5.74) is 3.20. The molecule has 0 aliphatic carbocycles. The lowest BCUT2D eigenvalue weighted by atomic mass is 10.0. The number of benzene rings is 2. The van der Waals surface area contributed by atoms with Gasteiger partial charge in [0.2, 0.25) is 15.9 Å². The van der Waals surface area contributed by atoms with E-state index in [0.717, 1.165) is 16.7 Å². The summed E-state index contributed by atoms with van der Waals surface area (Å²) >= 11 is 7.45. The Morgan fingerprint density at radius 3 is 2.64 bits per heavy atom. The summed E-state index contributed by atoms with van der Waals surface area (Å²) in [7, 11) is -3.70. The van der Waals surface area contributed by atoms with Crippen LogP contribution in [0.1, 0.15) is 12.0 Å². The van der Waals surface area contributed by atoms with Crippen molar-refractivity contribution in [1.82, 2.24) is 10.0 Å². The second kappa shape index (κ2) is 9.34. The van der Waals surface area contributed by atoms with Crippen molar-refractivity contribution in [2.45, 2.75) is 17.9 Å². The van der Waals surface area contributed by atoms with Crippen LogP contribution in [0.3, 0.4) is 0 Å². The maximum Gasteiger partial charge on any atom is 0.240 e. The van der Waals surface area contributed by atoms with E-state index in [-0.39, 0.29) is 23.8 Å². The molecular weight excluding hydrogens is 416 g/mol. The van der Waals surface area contributed by atoms with Gasteiger partial charge in [0.15, 0.2) is 0 Å². The highest BCUT2D eigenvalue weighted by atomic mass is 35.5. The zero-order valence-electron chi connectivity index (χ0n) is 14.9. The minimum absolute atomic E-state index is 0.00680. The number of nitrogens with one attached hydrogen (secondary N) is 2. The van der Waals surface area contributed by atoms with E-state index >= 15 is 0 Å². The molecule has 0 unspecified atom stereocenters. The molecule has 8 heteroatoms. The van der Waals surface area contributed by atoms with Gasteiger partial charge in [-0.05, 0) is 51.7 Å². The third-order valence-electron chi connectivity index (χ3n) is 4.08. The van der Waals surface area contributed by atoms with Crippen molar-refractivity contribution in [3.63, 3.8) is 0 Å². The average molecular weight is 435 g/mol. The van der Waals surface area contributed by atoms with Crippen molar-refractivity contribution in [2.75, 3.05) is 6.54 Å². The van der Waals surface area contributed by atoms with E-state index in [1.165, 1.54) is 12.1 Å². The minimum Gasteiger partial charge on any atom is -0.352 e. The Balaban J connectivity index is 1.52. The number of sulfonamides is 1. The summed E-state index contributed by atoms with van der Waals surface area (Å²) in [5.74, 6) is -0.228. The van der Waals surface area contributed by atoms with E-state index in [0.29, 0.717) is 11.6 Å². The Morgan fingerprint density at radius 2 is 1.89 bits per heavy atom. The van der Waals surface area contributed by atoms with Crippen molar-refractivity contribution in [3.05, 3.63) is 75.9 Å². The van der Waals surface area contributed by atoms with Crippen LogP contribution in [0, 0.1) is 0 Å². The van der Waals surface area contributed by atoms with Crippen LogP contribution >= 0.6 is 22.9 Å². The second-order valence-electron chi connectivity index (χ2n) is 6.05. The van der Waals surface area contributed by atoms with Crippen molar-refractivity contribution in [1.29, 1.82) is 0 Å². The molecule has 5 nitrogen and oxygen atoms in total. The fourth-order valence-corrected chi connectivity index (χ4v) is 4.66. The monoisotopic (exact) mass is 434 g/mol. The van der Waals surface area contributed by atoms with Crippen molar-refractivity contribution >= 4 is 38.9 Å². The summed E-state index contributed by atoms with van der Waals surface area (Å²) in [6.45, 7) is 0.388. The molecule has 1 heterocycles. The van der Waals surface area contributed by atoms with Crippen LogP contribution in [-0.4, -0.2) is 20.9 Å². The van der Waals surface area contributed by atoms with Gasteiger partial charge in [-0.25, -0.2) is 13.1 Å². The van der Waals surface area contributed by atoms with Crippen LogP contribution in [0.25, 0.3) is 11.1 Å². The molecule has 2 N–H and O–H groups in total. The maximum absolute atomic E-state index is 12.2. The lowest BCUT2D eigenvalue weighted by Crippen LogP contribution is -2.30. The van der Waals surface area contributed by atoms with Gasteiger partial charge in [0.1, 0.15) is 0 Å². The Hall–Kier alpha value is -2.19. The molecule has 1 aromatic heterocycles. The molecule has 146 valence electrons. The summed E-state index contributed by atoms with van der Waals surface area (Å²) < 4.78 is 26.9. The SMILES string of the molecule is O=C(CCNS(=O)(=O)c1cccc(Cl)c1)NCc1ccccc1-c1ccsc1. The standard InChI is InChI=1S/C20H19ClN2O3S2/c21-17-5-3-6-18(12-17)28(25,26)23-10-8-20(24)22-13-15-4-1-2-7-19(15)16-9-11-27-14-16/h1-7,9,11-12,14,23H,8,10,13H2,(H,22,24). The van der Waals surface area contributed by atoms with Crippen LogP contribution in [0.5, 0.6) is 0 Å². The summed E-state index contributed by atoms with van der Waals surface area (Å²) in [5, 5.41) is 7.25. The fraction of sp³-hybridized carbons (Fsp3) is 0.150. The minimum atomic E-state index is -3.70. The van der Waals surface area contributed by atoms with E-state index in [9.17, 15) is 13.2 Å². The Morgan fingerprint density at radius 1 is 1.07 bits per heavy atom. The molecule has 28 heavy (non-hydrogen) atoms. The lowest BCUT2D eigenvalue weighted by Gasteiger charge is -2.10. The highest BCUT2D eigenvalue weighted by Crippen LogP contribution is 2.25. The molecule has 0 radical (unpaired) electrons. The molecule has 1 amide bonds. The predicted molar refractivity (Wildman–Crippen MR) is 113 cm³/mol. The summed E-state index contributed by atoms with van der Waals surface area (Å²) in [6, 6.07) is 15.9. The third kappa shape index (κ3) is 5.42. The first-order valence-corrected chi connectivity index (χ1v) is 11.4. The van der Waals surface area contributed by atoms with E-state index in [2.05, 4.69) is 15.4 Å². The molecule has 0 bridgehead atoms. The molecule has 3 aromatic rings. The van der Waals surface area contributed by atoms with Crippen molar-refractivity contribution in [2.24, 2.45) is 0 Å². The summed E-state index contributed by atoms with van der Waals surface area (Å²) in [6.07, 6.45) is 0.0421. The number of rotatable bonds is 8. The molecule has 3 rings (SSSR count). The van der Waals surface area contributed by atoms with E-state index in [4.69, 9.17) is 11.6 Å². The first-order valence-electron chi connectivity index (χ1n) is 8.58. The van der Waals surface area contributed by atoms with Crippen LogP contribution in [0.2, 0.25) is 5.02 Å². The average Bonchev–Trinajstić information content (AvgIpc) is 3.21. The molecule has 2 aromatic carbocycles. The van der Waals surface area contributed by atoms with Gasteiger partial charge in [-0.1, -0.05) is 41.9 Å². The molecule has 0 aliphatic heterocycles. The van der Waals surface area contributed by atoms with Gasteiger partial charge < -0.3 is 5.32 Å². The number of hydrogen-bond acceptors (Lipinski definition) is 4. The van der Waals surface area contributed by atoms with E-state index < -0.39 is 10.0 Å². The Kier molecular flexibility index (Phi) is 6.85. The molecular formula is C20H19ClN2O3S2. The van der Waals surface area contributed by atoms with Gasteiger partial charge in [-0.3, -0.25) is 4.79 Å². The number of hydrogen-bond donors (Lipinski definition) is 2. The van der Waals surface area contributed by atoms with Crippen molar-refractivity contribution < 1.29 is 13.2 Å². The van der Waals surface area contributed by atoms with E-state index in [1.54, 1.807) is 23.5 Å². The zero-order chi connectivity index (χ0) is 20.0. The molecule has 0 fully saturated rings. The largest absolute Gasteiger partial charge is 0.352 e. The topological polar surface area (TPSA) is 75.3 Å². The number of carbonyl (C=O) groups excluding carboxylic acids is 1. The predicted octanol–water partition coefficient (Wildman–Crippen LogP) is 4.05. The van der Waals surface area contributed by atoms with Gasteiger partial charge >= 0.3 is 0 Å². The second-order valence-corrected chi connectivity index (χ2v) is 9.03. The fourth-order valence-electron chi connectivity index (χ4n) is 2.67. The number of halogens is 1. The third-order valence-corrected chi connectivity index (χ3v) is 6.45. The Labute approximate surface area is 173 Å². The van der Waals surface area contributed by atoms with Gasteiger partial charge in [-0.15, -0.1) is 0 Å². The highest BCUT2D eigenvalue weighted by molar-refractivity contribution is 7.89. The normalized spacial score (nSPS) is 11.3. The molecule has 0 saturated carbocycles. The van der Waals surface area contributed by atoms with Crippen LogP contribution in [0.4, 0.5) is 0 Å². The van der Waals surface area contributed by atoms with Gasteiger partial charge in [0.05, 0.1) is 4.90 Å². The van der Waals surface area contributed by atoms with Gasteiger partial charge in [0.25, 0.3) is 0 Å². The molecule has 0 saturated heterocycles. The number of carbonyl (C=O) groups is 1. The van der Waals surface area contributed by atoms with Crippen molar-refractivity contribution in [3.8, 4) is 11.1 Å². The number of amides is 1. The lowest BCUT2D eigenvalue weighted by molar-refractivity contribution is -0.121. The quantitative estimate of drug-likeness (QED) is 0.561. The van der Waals surface area contributed by atoms with E-state index in [1.807, 2.05) is 35.7 Å². The Bertz CT molecular complexity index is 1050. The summed E-state index contributed by atoms with van der Waals surface area (Å²) in [4.78, 5) is 12.2. The first kappa shape index (κ1) is 20.5. The number of thiophene rings is 1. The van der Waals surface area contributed by atoms with Crippen LogP contribution < -0.4 is 10.0 Å². The smallest absolute Gasteiger partial charge is 0.240 e. The van der Waals surface area contributed by atoms with Crippen LogP contribution in [0.15, 0.2) is 70.3 Å². The zero-order valence-corrected chi connectivity index (χ0v) is 17.3. The first-order chi connectivity index (χ1) is 13.5. The maximum atomic E-state index is 12.2. The van der Waals surface area contributed by atoms with Gasteiger partial charge in [0, 0.05) is 24.5 Å². The molecule has 0 atom stereocenters. The van der Waals surface area contributed by atoms with Gasteiger partial charge in [-0.2, -0.15) is 11.3 Å².